The molecule has 4 nitrogen and oxygen atoms in total. The SMILES string of the molecule is C[C@@H](Nc1nc(-c2ccco2)nc2cc(Cl)ccc12)c1ccccc1. The lowest BCUT2D eigenvalue weighted by Crippen LogP contribution is -2.09. The Hall–Kier alpha value is -2.85. The predicted octanol–water partition coefficient (Wildman–Crippen LogP) is 5.72. The van der Waals surface area contributed by atoms with E-state index in [1.54, 1.807) is 6.26 Å². The van der Waals surface area contributed by atoms with Gasteiger partial charge >= 0.3 is 0 Å². The third kappa shape index (κ3) is 3.21. The number of nitrogens with zero attached hydrogens (tertiary/aromatic N) is 2. The molecule has 1 atom stereocenters. The van der Waals surface area contributed by atoms with Crippen molar-refractivity contribution in [2.75, 3.05) is 5.32 Å². The molecule has 0 amide bonds. The Kier molecular flexibility index (Phi) is 4.12. The summed E-state index contributed by atoms with van der Waals surface area (Å²) >= 11 is 6.15. The summed E-state index contributed by atoms with van der Waals surface area (Å²) in [7, 11) is 0. The van der Waals surface area contributed by atoms with E-state index in [0.717, 1.165) is 16.7 Å². The summed E-state index contributed by atoms with van der Waals surface area (Å²) in [5.74, 6) is 1.91. The van der Waals surface area contributed by atoms with Crippen molar-refractivity contribution in [3.8, 4) is 11.6 Å². The molecule has 2 heterocycles. The van der Waals surface area contributed by atoms with Crippen LogP contribution in [0.5, 0.6) is 0 Å². The van der Waals surface area contributed by atoms with Crippen molar-refractivity contribution in [3.63, 3.8) is 0 Å². The molecule has 124 valence electrons. The Labute approximate surface area is 150 Å². The lowest BCUT2D eigenvalue weighted by Gasteiger charge is -2.17. The van der Waals surface area contributed by atoms with Crippen LogP contribution in [0.2, 0.25) is 5.02 Å². The van der Waals surface area contributed by atoms with E-state index in [-0.39, 0.29) is 6.04 Å². The standard InChI is InChI=1S/C20H16ClN3O/c1-13(14-6-3-2-4-7-14)22-19-16-10-9-15(21)12-17(16)23-20(24-19)18-8-5-11-25-18/h2-13H,1H3,(H,22,23,24)/t13-/m1/s1. The minimum atomic E-state index is 0.0967. The molecular weight excluding hydrogens is 334 g/mol. The molecule has 0 unspecified atom stereocenters. The van der Waals surface area contributed by atoms with Gasteiger partial charge in [-0.1, -0.05) is 41.9 Å². The maximum atomic E-state index is 6.15. The number of fused-ring (bicyclic) bond motifs is 1. The van der Waals surface area contributed by atoms with Crippen LogP contribution in [0, 0.1) is 0 Å². The largest absolute Gasteiger partial charge is 0.461 e. The van der Waals surface area contributed by atoms with Gasteiger partial charge in [0.1, 0.15) is 5.82 Å². The molecule has 4 aromatic rings. The number of anilines is 1. The van der Waals surface area contributed by atoms with Crippen LogP contribution in [0.3, 0.4) is 0 Å². The molecule has 4 rings (SSSR count). The third-order valence-corrected chi connectivity index (χ3v) is 4.29. The zero-order valence-electron chi connectivity index (χ0n) is 13.6. The van der Waals surface area contributed by atoms with Crippen LogP contribution >= 0.6 is 11.6 Å². The van der Waals surface area contributed by atoms with E-state index in [0.29, 0.717) is 16.6 Å². The highest BCUT2D eigenvalue weighted by Crippen LogP contribution is 2.29. The van der Waals surface area contributed by atoms with Gasteiger partial charge in [0.25, 0.3) is 0 Å². The molecule has 0 bridgehead atoms. The summed E-state index contributed by atoms with van der Waals surface area (Å²) in [6, 6.07) is 19.6. The van der Waals surface area contributed by atoms with Crippen molar-refractivity contribution in [2.24, 2.45) is 0 Å². The molecule has 0 radical (unpaired) electrons. The molecule has 25 heavy (non-hydrogen) atoms. The molecule has 5 heteroatoms. The van der Waals surface area contributed by atoms with Gasteiger partial charge in [0.2, 0.25) is 0 Å². The van der Waals surface area contributed by atoms with Crippen LogP contribution < -0.4 is 5.32 Å². The maximum absolute atomic E-state index is 6.15. The number of hydrogen-bond acceptors (Lipinski definition) is 4. The van der Waals surface area contributed by atoms with Crippen molar-refractivity contribution in [1.29, 1.82) is 0 Å². The zero-order chi connectivity index (χ0) is 17.2. The fraction of sp³-hybridized carbons (Fsp3) is 0.100. The highest BCUT2D eigenvalue weighted by Gasteiger charge is 2.14. The molecule has 0 aliphatic heterocycles. The van der Waals surface area contributed by atoms with Crippen molar-refractivity contribution >= 4 is 28.3 Å². The summed E-state index contributed by atoms with van der Waals surface area (Å²) in [4.78, 5) is 9.27. The molecule has 0 fully saturated rings. The van der Waals surface area contributed by atoms with Crippen molar-refractivity contribution in [1.82, 2.24) is 9.97 Å². The molecule has 2 aromatic carbocycles. The molecule has 2 aromatic heterocycles. The van der Waals surface area contributed by atoms with Crippen molar-refractivity contribution < 1.29 is 4.42 Å². The number of aromatic nitrogens is 2. The van der Waals surface area contributed by atoms with Crippen LogP contribution in [-0.4, -0.2) is 9.97 Å². The number of rotatable bonds is 4. The van der Waals surface area contributed by atoms with Crippen LogP contribution in [-0.2, 0) is 0 Å². The number of halogens is 1. The minimum Gasteiger partial charge on any atom is -0.461 e. The van der Waals surface area contributed by atoms with E-state index in [1.165, 1.54) is 5.56 Å². The summed E-state index contributed by atoms with van der Waals surface area (Å²) < 4.78 is 5.46. The van der Waals surface area contributed by atoms with Gasteiger partial charge in [-0.2, -0.15) is 0 Å². The van der Waals surface area contributed by atoms with E-state index in [1.807, 2.05) is 48.5 Å². The average Bonchev–Trinajstić information content (AvgIpc) is 3.16. The summed E-state index contributed by atoms with van der Waals surface area (Å²) in [5.41, 5.74) is 1.96. The normalized spacial score (nSPS) is 12.2. The molecule has 1 N–H and O–H groups in total. The summed E-state index contributed by atoms with van der Waals surface area (Å²) in [6.07, 6.45) is 1.61. The number of furan rings is 1. The smallest absolute Gasteiger partial charge is 0.198 e. The quantitative estimate of drug-likeness (QED) is 0.512. The van der Waals surface area contributed by atoms with Gasteiger partial charge in [-0.25, -0.2) is 9.97 Å². The van der Waals surface area contributed by atoms with Gasteiger partial charge in [-0.15, -0.1) is 0 Å². The van der Waals surface area contributed by atoms with Crippen molar-refractivity contribution in [2.45, 2.75) is 13.0 Å². The topological polar surface area (TPSA) is 51.0 Å². The van der Waals surface area contributed by atoms with E-state index >= 15 is 0 Å². The second-order valence-corrected chi connectivity index (χ2v) is 6.25. The van der Waals surface area contributed by atoms with Gasteiger partial charge in [-0.05, 0) is 42.8 Å². The fourth-order valence-corrected chi connectivity index (χ4v) is 2.93. The molecule has 0 saturated carbocycles. The molecule has 0 spiro atoms. The Morgan fingerprint density at radius 1 is 1.00 bits per heavy atom. The second-order valence-electron chi connectivity index (χ2n) is 5.81. The highest BCUT2D eigenvalue weighted by molar-refractivity contribution is 6.31. The molecule has 0 aliphatic carbocycles. The Morgan fingerprint density at radius 3 is 2.60 bits per heavy atom. The molecule has 0 aliphatic rings. The van der Waals surface area contributed by atoms with E-state index < -0.39 is 0 Å². The fourth-order valence-electron chi connectivity index (χ4n) is 2.76. The van der Waals surface area contributed by atoms with Gasteiger partial charge < -0.3 is 9.73 Å². The van der Waals surface area contributed by atoms with Crippen LogP contribution in [0.4, 0.5) is 5.82 Å². The van der Waals surface area contributed by atoms with Gasteiger partial charge in [0.15, 0.2) is 11.6 Å². The minimum absolute atomic E-state index is 0.0967. The monoisotopic (exact) mass is 349 g/mol. The lowest BCUT2D eigenvalue weighted by atomic mass is 10.1. The first-order valence-electron chi connectivity index (χ1n) is 8.03. The first kappa shape index (κ1) is 15.7. The highest BCUT2D eigenvalue weighted by atomic mass is 35.5. The van der Waals surface area contributed by atoms with Crippen LogP contribution in [0.25, 0.3) is 22.5 Å². The van der Waals surface area contributed by atoms with E-state index in [2.05, 4.69) is 34.3 Å². The third-order valence-electron chi connectivity index (χ3n) is 4.05. The predicted molar refractivity (Wildman–Crippen MR) is 101 cm³/mol. The summed E-state index contributed by atoms with van der Waals surface area (Å²) in [5, 5.41) is 5.04. The first-order chi connectivity index (χ1) is 12.2. The first-order valence-corrected chi connectivity index (χ1v) is 8.41. The second kappa shape index (κ2) is 6.57. The maximum Gasteiger partial charge on any atom is 0.198 e. The van der Waals surface area contributed by atoms with E-state index in [4.69, 9.17) is 16.0 Å². The molecular formula is C20H16ClN3O. The van der Waals surface area contributed by atoms with Gasteiger partial charge in [-0.3, -0.25) is 0 Å². The van der Waals surface area contributed by atoms with Crippen molar-refractivity contribution in [3.05, 3.63) is 77.5 Å². The van der Waals surface area contributed by atoms with Gasteiger partial charge in [0.05, 0.1) is 11.8 Å². The number of nitrogens with one attached hydrogen (secondary N) is 1. The van der Waals surface area contributed by atoms with Gasteiger partial charge in [0, 0.05) is 16.5 Å². The Balaban J connectivity index is 1.81. The molecule has 0 saturated heterocycles. The van der Waals surface area contributed by atoms with Crippen LogP contribution in [0.15, 0.2) is 71.3 Å². The summed E-state index contributed by atoms with van der Waals surface area (Å²) in [6.45, 7) is 2.10. The Morgan fingerprint density at radius 2 is 1.84 bits per heavy atom. The average molecular weight is 350 g/mol. The number of hydrogen-bond donors (Lipinski definition) is 1. The lowest BCUT2D eigenvalue weighted by molar-refractivity contribution is 0.577. The number of benzene rings is 2. The van der Waals surface area contributed by atoms with E-state index in [9.17, 15) is 0 Å². The van der Waals surface area contributed by atoms with Crippen LogP contribution in [0.1, 0.15) is 18.5 Å². The Bertz CT molecular complexity index is 1000. The zero-order valence-corrected chi connectivity index (χ0v) is 14.4.